The lowest BCUT2D eigenvalue weighted by atomic mass is 10.3. The monoisotopic (exact) mass is 409 g/mol. The molecule has 0 saturated carbocycles. The number of nitro benzene ring substituents is 1. The first-order chi connectivity index (χ1) is 13.1. The SMILES string of the molecule is C[C@H](NP(=O)(Oc1ccc(N(C)C)cc1)Oc1ccc([N+](=O)[O-])cc1)C(=O)O. The molecule has 10 nitrogen and oxygen atoms in total. The van der Waals surface area contributed by atoms with Gasteiger partial charge in [-0.15, -0.1) is 0 Å². The van der Waals surface area contributed by atoms with Crippen molar-refractivity contribution in [2.75, 3.05) is 19.0 Å². The number of benzene rings is 2. The number of nitro groups is 1. The maximum Gasteiger partial charge on any atom is 0.513 e. The fourth-order valence-electron chi connectivity index (χ4n) is 2.08. The van der Waals surface area contributed by atoms with E-state index in [-0.39, 0.29) is 17.2 Å². The van der Waals surface area contributed by atoms with Gasteiger partial charge in [0.25, 0.3) is 5.69 Å². The highest BCUT2D eigenvalue weighted by atomic mass is 31.2. The van der Waals surface area contributed by atoms with Gasteiger partial charge in [0.05, 0.1) is 4.92 Å². The highest BCUT2D eigenvalue weighted by Gasteiger charge is 2.33. The van der Waals surface area contributed by atoms with Crippen LogP contribution in [0.3, 0.4) is 0 Å². The summed E-state index contributed by atoms with van der Waals surface area (Å²) in [6, 6.07) is 10.2. The van der Waals surface area contributed by atoms with Crippen molar-refractivity contribution >= 4 is 25.1 Å². The maximum atomic E-state index is 13.1. The molecule has 2 aromatic rings. The van der Waals surface area contributed by atoms with E-state index in [0.29, 0.717) is 0 Å². The van der Waals surface area contributed by atoms with Gasteiger partial charge in [0.2, 0.25) is 0 Å². The van der Waals surface area contributed by atoms with Crippen molar-refractivity contribution in [1.29, 1.82) is 0 Å². The Bertz CT molecular complexity index is 885. The maximum absolute atomic E-state index is 13.1. The third kappa shape index (κ3) is 5.70. The molecule has 2 atom stereocenters. The zero-order chi connectivity index (χ0) is 20.9. The van der Waals surface area contributed by atoms with Gasteiger partial charge in [-0.3, -0.25) is 14.9 Å². The van der Waals surface area contributed by atoms with E-state index < -0.39 is 24.7 Å². The normalized spacial score (nSPS) is 13.8. The Hall–Kier alpha value is -3.10. The summed E-state index contributed by atoms with van der Waals surface area (Å²) in [6.07, 6.45) is 0. The summed E-state index contributed by atoms with van der Waals surface area (Å²) in [4.78, 5) is 23.2. The minimum atomic E-state index is -4.17. The van der Waals surface area contributed by atoms with Crippen molar-refractivity contribution in [2.45, 2.75) is 13.0 Å². The number of carboxylic acids is 1. The number of hydrogen-bond acceptors (Lipinski definition) is 7. The van der Waals surface area contributed by atoms with Crippen LogP contribution in [0.2, 0.25) is 0 Å². The van der Waals surface area contributed by atoms with Crippen LogP contribution < -0.4 is 19.0 Å². The smallest absolute Gasteiger partial charge is 0.480 e. The molecule has 0 aliphatic heterocycles. The summed E-state index contributed by atoms with van der Waals surface area (Å²) in [6.45, 7) is 1.28. The molecule has 0 amide bonds. The molecule has 28 heavy (non-hydrogen) atoms. The molecule has 1 unspecified atom stereocenters. The lowest BCUT2D eigenvalue weighted by Gasteiger charge is -2.22. The van der Waals surface area contributed by atoms with Crippen LogP contribution in [0.25, 0.3) is 0 Å². The summed E-state index contributed by atoms with van der Waals surface area (Å²) in [5.74, 6) is -1.04. The molecule has 2 aromatic carbocycles. The van der Waals surface area contributed by atoms with Crippen LogP contribution in [0.4, 0.5) is 11.4 Å². The van der Waals surface area contributed by atoms with E-state index in [1.54, 1.807) is 24.3 Å². The average Bonchev–Trinajstić information content (AvgIpc) is 2.62. The van der Waals surface area contributed by atoms with E-state index in [1.165, 1.54) is 31.2 Å². The Labute approximate surface area is 161 Å². The summed E-state index contributed by atoms with van der Waals surface area (Å²) in [7, 11) is -0.454. The van der Waals surface area contributed by atoms with Crippen LogP contribution in [0, 0.1) is 10.1 Å². The van der Waals surface area contributed by atoms with E-state index >= 15 is 0 Å². The number of nitrogens with one attached hydrogen (secondary N) is 1. The molecule has 0 heterocycles. The Balaban J connectivity index is 2.27. The minimum absolute atomic E-state index is 0.0175. The standard InChI is InChI=1S/C17H20N3O7P/c1-12(17(21)22)18-28(25,26-15-8-4-13(5-9-15)19(2)3)27-16-10-6-14(7-11-16)20(23)24/h4-12H,1-3H3,(H,18,25)(H,21,22)/t12-,28?/m0/s1. The van der Waals surface area contributed by atoms with Gasteiger partial charge >= 0.3 is 13.7 Å². The molecule has 2 N–H and O–H groups in total. The Morgan fingerprint density at radius 1 is 1.11 bits per heavy atom. The zero-order valence-electron chi connectivity index (χ0n) is 15.4. The molecule has 150 valence electrons. The first kappa shape index (κ1) is 21.2. The number of nitrogens with zero attached hydrogens (tertiary/aromatic N) is 2. The van der Waals surface area contributed by atoms with Crippen LogP contribution in [-0.2, 0) is 9.36 Å². The fourth-order valence-corrected chi connectivity index (χ4v) is 3.60. The first-order valence-electron chi connectivity index (χ1n) is 8.11. The zero-order valence-corrected chi connectivity index (χ0v) is 16.3. The molecule has 0 radical (unpaired) electrons. The van der Waals surface area contributed by atoms with Crippen molar-refractivity contribution < 1.29 is 28.4 Å². The van der Waals surface area contributed by atoms with Crippen molar-refractivity contribution in [3.63, 3.8) is 0 Å². The summed E-state index contributed by atoms with van der Waals surface area (Å²) in [5, 5.41) is 22.2. The molecule has 0 bridgehead atoms. The number of hydrogen-bond donors (Lipinski definition) is 2. The van der Waals surface area contributed by atoms with Crippen molar-refractivity contribution in [2.24, 2.45) is 0 Å². The summed E-state index contributed by atoms with van der Waals surface area (Å²) >= 11 is 0. The topological polar surface area (TPSA) is 131 Å². The van der Waals surface area contributed by atoms with E-state index in [9.17, 15) is 19.5 Å². The van der Waals surface area contributed by atoms with Gasteiger partial charge in [0.1, 0.15) is 17.5 Å². The molecule has 0 fully saturated rings. The molecular formula is C17H20N3O7P. The molecule has 0 aliphatic carbocycles. The molecule has 0 saturated heterocycles. The van der Waals surface area contributed by atoms with Crippen molar-refractivity contribution in [1.82, 2.24) is 5.09 Å². The van der Waals surface area contributed by atoms with Gasteiger partial charge in [0, 0.05) is 31.9 Å². The third-order valence-corrected chi connectivity index (χ3v) is 5.18. The first-order valence-corrected chi connectivity index (χ1v) is 9.65. The van der Waals surface area contributed by atoms with Crippen molar-refractivity contribution in [3.05, 3.63) is 58.6 Å². The highest BCUT2D eigenvalue weighted by Crippen LogP contribution is 2.45. The number of carbonyl (C=O) groups is 1. The van der Waals surface area contributed by atoms with Gasteiger partial charge in [-0.25, -0.2) is 4.57 Å². The third-order valence-electron chi connectivity index (χ3n) is 3.57. The van der Waals surface area contributed by atoms with Gasteiger partial charge in [-0.1, -0.05) is 0 Å². The van der Waals surface area contributed by atoms with E-state index in [0.717, 1.165) is 5.69 Å². The second-order valence-corrected chi connectivity index (χ2v) is 7.63. The lowest BCUT2D eigenvalue weighted by Crippen LogP contribution is -2.34. The molecule has 0 aromatic heterocycles. The molecule has 11 heteroatoms. The van der Waals surface area contributed by atoms with Crippen LogP contribution >= 0.6 is 7.75 Å². The number of rotatable bonds is 9. The van der Waals surface area contributed by atoms with Gasteiger partial charge in [-0.2, -0.15) is 5.09 Å². The van der Waals surface area contributed by atoms with Crippen molar-refractivity contribution in [3.8, 4) is 11.5 Å². The predicted octanol–water partition coefficient (Wildman–Crippen LogP) is 3.29. The molecular weight excluding hydrogens is 389 g/mol. The number of non-ortho nitro benzene ring substituents is 1. The van der Waals surface area contributed by atoms with E-state index in [1.807, 2.05) is 19.0 Å². The second-order valence-electron chi connectivity index (χ2n) is 6.01. The molecule has 0 aliphatic rings. The number of anilines is 1. The van der Waals surface area contributed by atoms with E-state index in [4.69, 9.17) is 14.2 Å². The second kappa shape index (κ2) is 8.73. The minimum Gasteiger partial charge on any atom is -0.480 e. The van der Waals surface area contributed by atoms with Crippen LogP contribution in [0.15, 0.2) is 48.5 Å². The average molecular weight is 409 g/mol. The van der Waals surface area contributed by atoms with Gasteiger partial charge < -0.3 is 19.1 Å². The van der Waals surface area contributed by atoms with Gasteiger partial charge in [0.15, 0.2) is 0 Å². The number of carboxylic acid groups (broad SMARTS) is 1. The van der Waals surface area contributed by atoms with Gasteiger partial charge in [-0.05, 0) is 43.3 Å². The summed E-state index contributed by atoms with van der Waals surface area (Å²) in [5.41, 5.74) is 0.708. The number of aliphatic carboxylic acids is 1. The van der Waals surface area contributed by atoms with Crippen LogP contribution in [0.1, 0.15) is 6.92 Å². The van der Waals surface area contributed by atoms with E-state index in [2.05, 4.69) is 5.09 Å². The fraction of sp³-hybridized carbons (Fsp3) is 0.235. The Morgan fingerprint density at radius 2 is 1.57 bits per heavy atom. The van der Waals surface area contributed by atoms with Crippen LogP contribution in [-0.4, -0.2) is 36.1 Å². The quantitative estimate of drug-likeness (QED) is 0.364. The lowest BCUT2D eigenvalue weighted by molar-refractivity contribution is -0.384. The molecule has 0 spiro atoms. The predicted molar refractivity (Wildman–Crippen MR) is 103 cm³/mol. The largest absolute Gasteiger partial charge is 0.513 e. The summed E-state index contributed by atoms with van der Waals surface area (Å²) < 4.78 is 24.0. The van der Waals surface area contributed by atoms with Crippen LogP contribution in [0.5, 0.6) is 11.5 Å². The Morgan fingerprint density at radius 3 is 1.96 bits per heavy atom. The molecule has 2 rings (SSSR count). The highest BCUT2D eigenvalue weighted by molar-refractivity contribution is 7.52. The Kier molecular flexibility index (Phi) is 6.61.